The highest BCUT2D eigenvalue weighted by atomic mass is 35.5. The molecule has 0 aliphatic heterocycles. The summed E-state index contributed by atoms with van der Waals surface area (Å²) in [7, 11) is 0. The minimum Gasteiger partial charge on any atom is -0.315 e. The first-order valence-electron chi connectivity index (χ1n) is 5.32. The highest BCUT2D eigenvalue weighted by molar-refractivity contribution is 6.40. The summed E-state index contributed by atoms with van der Waals surface area (Å²) in [6.07, 6.45) is 1.73. The molecular formula is C14H8Cl3N. The van der Waals surface area contributed by atoms with Gasteiger partial charge in [-0.3, -0.25) is 0 Å². The van der Waals surface area contributed by atoms with Crippen LogP contribution in [0.25, 0.3) is 28.0 Å². The van der Waals surface area contributed by atoms with Gasteiger partial charge in [0.15, 0.2) is 0 Å². The second kappa shape index (κ2) is 4.20. The average molecular weight is 297 g/mol. The lowest BCUT2D eigenvalue weighted by Gasteiger charge is -2.01. The van der Waals surface area contributed by atoms with Crippen molar-refractivity contribution in [2.24, 2.45) is 0 Å². The van der Waals surface area contributed by atoms with E-state index < -0.39 is 0 Å². The van der Waals surface area contributed by atoms with Gasteiger partial charge >= 0.3 is 0 Å². The molecule has 0 aliphatic carbocycles. The molecule has 0 saturated heterocycles. The van der Waals surface area contributed by atoms with E-state index in [0.717, 1.165) is 21.8 Å². The third kappa shape index (κ3) is 1.63. The summed E-state index contributed by atoms with van der Waals surface area (Å²) in [4.78, 5) is 0. The molecule has 0 radical (unpaired) electrons. The van der Waals surface area contributed by atoms with Gasteiger partial charge in [-0.25, -0.2) is 0 Å². The van der Waals surface area contributed by atoms with Crippen molar-refractivity contribution in [1.82, 2.24) is 4.57 Å². The Labute approximate surface area is 119 Å². The third-order valence-corrected chi connectivity index (χ3v) is 3.70. The van der Waals surface area contributed by atoms with Gasteiger partial charge in [0.1, 0.15) is 0 Å². The highest BCUT2D eigenvalue weighted by Gasteiger charge is 2.13. The molecule has 0 atom stereocenters. The SMILES string of the molecule is C=Cn1c2ccc(Cl)cc2c2cc(Cl)cc(Cl)c21. The quantitative estimate of drug-likeness (QED) is 0.530. The number of rotatable bonds is 1. The van der Waals surface area contributed by atoms with Crippen LogP contribution in [-0.2, 0) is 0 Å². The highest BCUT2D eigenvalue weighted by Crippen LogP contribution is 2.37. The number of halogens is 3. The van der Waals surface area contributed by atoms with Gasteiger partial charge in [-0.15, -0.1) is 0 Å². The molecule has 3 aromatic rings. The van der Waals surface area contributed by atoms with Gasteiger partial charge in [-0.2, -0.15) is 0 Å². The first kappa shape index (κ1) is 11.9. The molecule has 0 bridgehead atoms. The molecule has 18 heavy (non-hydrogen) atoms. The monoisotopic (exact) mass is 295 g/mol. The fourth-order valence-electron chi connectivity index (χ4n) is 2.26. The zero-order chi connectivity index (χ0) is 12.9. The number of fused-ring (bicyclic) bond motifs is 3. The van der Waals surface area contributed by atoms with Crippen molar-refractivity contribution < 1.29 is 0 Å². The van der Waals surface area contributed by atoms with Crippen LogP contribution in [0.15, 0.2) is 36.9 Å². The van der Waals surface area contributed by atoms with Gasteiger partial charge in [0.05, 0.1) is 16.1 Å². The van der Waals surface area contributed by atoms with Crippen LogP contribution in [-0.4, -0.2) is 4.57 Å². The molecule has 1 aromatic heterocycles. The van der Waals surface area contributed by atoms with Crippen LogP contribution in [0.3, 0.4) is 0 Å². The lowest BCUT2D eigenvalue weighted by Crippen LogP contribution is -1.85. The van der Waals surface area contributed by atoms with Gasteiger partial charge in [-0.1, -0.05) is 41.4 Å². The number of benzene rings is 2. The molecule has 3 rings (SSSR count). The predicted octanol–water partition coefficient (Wildman–Crippen LogP) is 5.86. The standard InChI is InChI=1S/C14H8Cl3N/c1-2-18-13-4-3-8(15)5-10(13)11-6-9(16)7-12(17)14(11)18/h2-7H,1H2. The van der Waals surface area contributed by atoms with Crippen LogP contribution in [0.1, 0.15) is 0 Å². The van der Waals surface area contributed by atoms with Crippen molar-refractivity contribution in [2.45, 2.75) is 0 Å². The first-order valence-corrected chi connectivity index (χ1v) is 6.46. The molecule has 90 valence electrons. The summed E-state index contributed by atoms with van der Waals surface area (Å²) in [5.74, 6) is 0. The third-order valence-electron chi connectivity index (χ3n) is 2.96. The largest absolute Gasteiger partial charge is 0.315 e. The van der Waals surface area contributed by atoms with E-state index in [-0.39, 0.29) is 0 Å². The van der Waals surface area contributed by atoms with E-state index in [0.29, 0.717) is 15.1 Å². The minimum atomic E-state index is 0.602. The van der Waals surface area contributed by atoms with E-state index in [2.05, 4.69) is 6.58 Å². The molecule has 1 nitrogen and oxygen atoms in total. The summed E-state index contributed by atoms with van der Waals surface area (Å²) < 4.78 is 1.94. The molecule has 0 saturated carbocycles. The number of nitrogens with zero attached hydrogens (tertiary/aromatic N) is 1. The maximum absolute atomic E-state index is 6.27. The van der Waals surface area contributed by atoms with E-state index in [9.17, 15) is 0 Å². The average Bonchev–Trinajstić information content (AvgIpc) is 2.63. The Morgan fingerprint density at radius 2 is 1.67 bits per heavy atom. The predicted molar refractivity (Wildman–Crippen MR) is 80.9 cm³/mol. The topological polar surface area (TPSA) is 4.93 Å². The summed E-state index contributed by atoms with van der Waals surface area (Å²) in [5, 5.41) is 3.88. The Balaban J connectivity index is 2.66. The molecule has 0 N–H and O–H groups in total. The number of hydrogen-bond donors (Lipinski definition) is 0. The van der Waals surface area contributed by atoms with Gasteiger partial charge in [0.25, 0.3) is 0 Å². The van der Waals surface area contributed by atoms with Crippen LogP contribution < -0.4 is 0 Å². The fourth-order valence-corrected chi connectivity index (χ4v) is 3.02. The molecule has 0 aliphatic rings. The second-order valence-electron chi connectivity index (χ2n) is 4.00. The molecule has 0 fully saturated rings. The second-order valence-corrected chi connectivity index (χ2v) is 5.28. The number of hydrogen-bond acceptors (Lipinski definition) is 0. The Kier molecular flexibility index (Phi) is 2.78. The van der Waals surface area contributed by atoms with Gasteiger partial charge in [-0.05, 0) is 30.3 Å². The van der Waals surface area contributed by atoms with Crippen LogP contribution in [0, 0.1) is 0 Å². The Morgan fingerprint density at radius 3 is 2.39 bits per heavy atom. The Bertz CT molecular complexity index is 787. The van der Waals surface area contributed by atoms with Gasteiger partial charge < -0.3 is 4.57 Å². The number of aromatic nitrogens is 1. The molecule has 2 aromatic carbocycles. The van der Waals surface area contributed by atoms with Crippen LogP contribution in [0.4, 0.5) is 0 Å². The van der Waals surface area contributed by atoms with E-state index in [4.69, 9.17) is 34.8 Å². The first-order chi connectivity index (χ1) is 8.61. The maximum atomic E-state index is 6.27. The summed E-state index contributed by atoms with van der Waals surface area (Å²) >= 11 is 18.4. The summed E-state index contributed by atoms with van der Waals surface area (Å²) in [5.41, 5.74) is 1.90. The van der Waals surface area contributed by atoms with Gasteiger partial charge in [0, 0.05) is 27.0 Å². The fraction of sp³-hybridized carbons (Fsp3) is 0. The van der Waals surface area contributed by atoms with Crippen molar-refractivity contribution >= 4 is 62.8 Å². The van der Waals surface area contributed by atoms with E-state index in [1.165, 1.54) is 0 Å². The molecule has 0 spiro atoms. The smallest absolute Gasteiger partial charge is 0.0722 e. The van der Waals surface area contributed by atoms with Crippen molar-refractivity contribution in [3.05, 3.63) is 52.0 Å². The minimum absolute atomic E-state index is 0.602. The summed E-state index contributed by atoms with van der Waals surface area (Å²) in [6.45, 7) is 3.83. The Hall–Kier alpha value is -1.15. The van der Waals surface area contributed by atoms with Crippen molar-refractivity contribution in [3.63, 3.8) is 0 Å². The normalized spacial score (nSPS) is 11.3. The molecule has 0 amide bonds. The van der Waals surface area contributed by atoms with Crippen molar-refractivity contribution in [3.8, 4) is 0 Å². The molecule has 0 unspecified atom stereocenters. The molecule has 4 heteroatoms. The molecular weight excluding hydrogens is 289 g/mol. The molecule has 1 heterocycles. The van der Waals surface area contributed by atoms with Crippen molar-refractivity contribution in [2.75, 3.05) is 0 Å². The maximum Gasteiger partial charge on any atom is 0.0722 e. The van der Waals surface area contributed by atoms with Crippen LogP contribution in [0.2, 0.25) is 15.1 Å². The zero-order valence-electron chi connectivity index (χ0n) is 9.25. The summed E-state index contributed by atoms with van der Waals surface area (Å²) in [6, 6.07) is 9.32. The van der Waals surface area contributed by atoms with E-state index >= 15 is 0 Å². The van der Waals surface area contributed by atoms with E-state index in [1.54, 1.807) is 12.3 Å². The Morgan fingerprint density at radius 1 is 0.944 bits per heavy atom. The lowest BCUT2D eigenvalue weighted by atomic mass is 10.1. The lowest BCUT2D eigenvalue weighted by molar-refractivity contribution is 1.30. The van der Waals surface area contributed by atoms with Crippen LogP contribution >= 0.6 is 34.8 Å². The zero-order valence-corrected chi connectivity index (χ0v) is 11.5. The van der Waals surface area contributed by atoms with Gasteiger partial charge in [0.2, 0.25) is 0 Å². The van der Waals surface area contributed by atoms with Crippen LogP contribution in [0.5, 0.6) is 0 Å². The van der Waals surface area contributed by atoms with E-state index in [1.807, 2.05) is 28.8 Å². The van der Waals surface area contributed by atoms with Crippen molar-refractivity contribution in [1.29, 1.82) is 0 Å².